The molecule has 2 heterocycles. The highest BCUT2D eigenvalue weighted by atomic mass is 15.5. The van der Waals surface area contributed by atoms with Gasteiger partial charge in [-0.3, -0.25) is 9.80 Å². The van der Waals surface area contributed by atoms with E-state index in [0.29, 0.717) is 11.9 Å². The molecule has 2 rings (SSSR count). The third-order valence-corrected chi connectivity index (χ3v) is 2.55. The summed E-state index contributed by atoms with van der Waals surface area (Å²) in [7, 11) is 7.83. The van der Waals surface area contributed by atoms with Crippen LogP contribution in [0.15, 0.2) is 25.3 Å². The first kappa shape index (κ1) is 14.2. The van der Waals surface area contributed by atoms with E-state index in [-0.39, 0.29) is 6.29 Å². The Balaban J connectivity index is 2.49. The van der Waals surface area contributed by atoms with Crippen molar-refractivity contribution in [2.45, 2.75) is 6.29 Å². The second kappa shape index (κ2) is 6.26. The van der Waals surface area contributed by atoms with Gasteiger partial charge in [0.25, 0.3) is 0 Å². The molecule has 9 heteroatoms. The lowest BCUT2D eigenvalue weighted by Crippen LogP contribution is -2.52. The molecule has 0 fully saturated rings. The lowest BCUT2D eigenvalue weighted by Gasteiger charge is -2.38. The first-order chi connectivity index (χ1) is 9.61. The van der Waals surface area contributed by atoms with Gasteiger partial charge < -0.3 is 0 Å². The van der Waals surface area contributed by atoms with Gasteiger partial charge in [0.15, 0.2) is 0 Å². The molecule has 0 aliphatic rings. The quantitative estimate of drug-likeness (QED) is 0.676. The van der Waals surface area contributed by atoms with Gasteiger partial charge >= 0.3 is 0 Å². The Morgan fingerprint density at radius 2 is 1.05 bits per heavy atom. The lowest BCUT2D eigenvalue weighted by molar-refractivity contribution is 0.132. The van der Waals surface area contributed by atoms with Gasteiger partial charge in [-0.1, -0.05) is 0 Å². The van der Waals surface area contributed by atoms with E-state index in [9.17, 15) is 0 Å². The average molecular weight is 275 g/mol. The second-order valence-electron chi connectivity index (χ2n) is 4.52. The van der Waals surface area contributed by atoms with Crippen molar-refractivity contribution in [3.05, 3.63) is 25.3 Å². The van der Waals surface area contributed by atoms with E-state index in [2.05, 4.69) is 29.9 Å². The van der Waals surface area contributed by atoms with E-state index < -0.39 is 0 Å². The molecule has 2 aromatic rings. The lowest BCUT2D eigenvalue weighted by atomic mass is 10.5. The first-order valence-corrected chi connectivity index (χ1v) is 5.97. The molecule has 0 unspecified atom stereocenters. The molecular weight excluding hydrogens is 258 g/mol. The minimum atomic E-state index is -0.153. The first-order valence-electron chi connectivity index (χ1n) is 5.97. The fourth-order valence-corrected chi connectivity index (χ4v) is 1.93. The molecule has 0 aliphatic carbocycles. The Bertz CT molecular complexity index is 468. The van der Waals surface area contributed by atoms with Crippen LogP contribution in [0.1, 0.15) is 0 Å². The van der Waals surface area contributed by atoms with Crippen molar-refractivity contribution in [1.29, 1.82) is 0 Å². The molecule has 2 aromatic heterocycles. The molecule has 0 N–H and O–H groups in total. The van der Waals surface area contributed by atoms with Crippen LogP contribution in [-0.4, -0.2) is 74.2 Å². The van der Waals surface area contributed by atoms with Crippen LogP contribution < -0.4 is 4.90 Å². The van der Waals surface area contributed by atoms with E-state index in [1.54, 1.807) is 0 Å². The summed E-state index contributed by atoms with van der Waals surface area (Å²) < 4.78 is 0. The maximum absolute atomic E-state index is 4.19. The van der Waals surface area contributed by atoms with E-state index in [1.165, 1.54) is 25.3 Å². The Labute approximate surface area is 117 Å². The molecule has 0 aromatic carbocycles. The van der Waals surface area contributed by atoms with E-state index >= 15 is 0 Å². The third-order valence-electron chi connectivity index (χ3n) is 2.55. The highest BCUT2D eigenvalue weighted by Crippen LogP contribution is 2.21. The van der Waals surface area contributed by atoms with Crippen LogP contribution >= 0.6 is 0 Å². The van der Waals surface area contributed by atoms with Gasteiger partial charge in [0, 0.05) is 0 Å². The Hall–Kier alpha value is -2.26. The Morgan fingerprint density at radius 3 is 1.35 bits per heavy atom. The van der Waals surface area contributed by atoms with E-state index in [0.717, 1.165) is 0 Å². The second-order valence-corrected chi connectivity index (χ2v) is 4.52. The topological polar surface area (TPSA) is 87.1 Å². The van der Waals surface area contributed by atoms with Crippen molar-refractivity contribution in [3.8, 4) is 0 Å². The molecule has 20 heavy (non-hydrogen) atoms. The molecule has 0 spiro atoms. The summed E-state index contributed by atoms with van der Waals surface area (Å²) in [5, 5.41) is 0. The molecule has 0 bridgehead atoms. The molecule has 0 amide bonds. The standard InChI is InChI=1S/C11H17N9/c1-18(2)11(19(3)4)20(9-14-5-12-6-15-9)10-16-7-13-8-17-10/h5-8,11H,1-4H3. The predicted molar refractivity (Wildman–Crippen MR) is 73.0 cm³/mol. The predicted octanol–water partition coefficient (Wildman–Crippen LogP) is -0.398. The number of anilines is 2. The van der Waals surface area contributed by atoms with Crippen molar-refractivity contribution in [2.24, 2.45) is 0 Å². The van der Waals surface area contributed by atoms with Crippen molar-refractivity contribution in [1.82, 2.24) is 39.7 Å². The average Bonchev–Trinajstić information content (AvgIpc) is 2.45. The molecule has 0 aliphatic heterocycles. The van der Waals surface area contributed by atoms with Crippen LogP contribution in [-0.2, 0) is 0 Å². The van der Waals surface area contributed by atoms with Gasteiger partial charge in [-0.05, 0) is 28.2 Å². The molecule has 0 saturated heterocycles. The molecule has 0 saturated carbocycles. The van der Waals surface area contributed by atoms with Gasteiger partial charge in [-0.2, -0.15) is 0 Å². The molecule has 0 atom stereocenters. The zero-order valence-electron chi connectivity index (χ0n) is 11.9. The van der Waals surface area contributed by atoms with Gasteiger partial charge in [-0.25, -0.2) is 34.8 Å². The SMILES string of the molecule is CN(C)C(N(C)C)N(c1ncncn1)c1ncncn1. The van der Waals surface area contributed by atoms with Gasteiger partial charge in [0.2, 0.25) is 11.9 Å². The number of nitrogens with zero attached hydrogens (tertiary/aromatic N) is 9. The third kappa shape index (κ3) is 3.00. The number of hydrogen-bond donors (Lipinski definition) is 0. The van der Waals surface area contributed by atoms with Gasteiger partial charge in [-0.15, -0.1) is 0 Å². The number of aromatic nitrogens is 6. The van der Waals surface area contributed by atoms with Crippen LogP contribution in [0.3, 0.4) is 0 Å². The van der Waals surface area contributed by atoms with Crippen LogP contribution in [0.25, 0.3) is 0 Å². The van der Waals surface area contributed by atoms with Crippen molar-refractivity contribution >= 4 is 11.9 Å². The number of rotatable bonds is 5. The molecule has 0 radical (unpaired) electrons. The zero-order valence-corrected chi connectivity index (χ0v) is 11.9. The minimum Gasteiger partial charge on any atom is -0.277 e. The smallest absolute Gasteiger partial charge is 0.237 e. The molecule has 9 nitrogen and oxygen atoms in total. The molecule has 106 valence electrons. The summed E-state index contributed by atoms with van der Waals surface area (Å²) in [5.74, 6) is 0.942. The maximum Gasteiger partial charge on any atom is 0.237 e. The minimum absolute atomic E-state index is 0.153. The van der Waals surface area contributed by atoms with E-state index in [1.807, 2.05) is 42.9 Å². The van der Waals surface area contributed by atoms with E-state index in [4.69, 9.17) is 0 Å². The summed E-state index contributed by atoms with van der Waals surface area (Å²) in [4.78, 5) is 30.3. The largest absolute Gasteiger partial charge is 0.277 e. The van der Waals surface area contributed by atoms with Crippen LogP contribution in [0.2, 0.25) is 0 Å². The summed E-state index contributed by atoms with van der Waals surface area (Å²) >= 11 is 0. The number of hydrogen-bond acceptors (Lipinski definition) is 9. The van der Waals surface area contributed by atoms with Crippen LogP contribution in [0, 0.1) is 0 Å². The van der Waals surface area contributed by atoms with Gasteiger partial charge in [0.05, 0.1) is 0 Å². The Morgan fingerprint density at radius 1 is 0.700 bits per heavy atom. The summed E-state index contributed by atoms with van der Waals surface area (Å²) in [5.41, 5.74) is 0. The summed E-state index contributed by atoms with van der Waals surface area (Å²) in [6.45, 7) is 0. The highest BCUT2D eigenvalue weighted by Gasteiger charge is 2.28. The fraction of sp³-hybridized carbons (Fsp3) is 0.455. The van der Waals surface area contributed by atoms with Crippen molar-refractivity contribution in [3.63, 3.8) is 0 Å². The monoisotopic (exact) mass is 275 g/mol. The zero-order chi connectivity index (χ0) is 14.5. The van der Waals surface area contributed by atoms with Gasteiger partial charge in [0.1, 0.15) is 31.6 Å². The fourth-order valence-electron chi connectivity index (χ4n) is 1.93. The van der Waals surface area contributed by atoms with Crippen molar-refractivity contribution < 1.29 is 0 Å². The summed E-state index contributed by atoms with van der Waals surface area (Å²) in [6.07, 6.45) is 5.62. The summed E-state index contributed by atoms with van der Waals surface area (Å²) in [6, 6.07) is 0. The Kier molecular flexibility index (Phi) is 4.43. The van der Waals surface area contributed by atoms with Crippen LogP contribution in [0.4, 0.5) is 11.9 Å². The maximum atomic E-state index is 4.19. The van der Waals surface area contributed by atoms with Crippen LogP contribution in [0.5, 0.6) is 0 Å². The normalized spacial score (nSPS) is 11.3. The van der Waals surface area contributed by atoms with Crippen molar-refractivity contribution in [2.75, 3.05) is 33.1 Å². The molecular formula is C11H17N9. The highest BCUT2D eigenvalue weighted by molar-refractivity contribution is 5.47.